The van der Waals surface area contributed by atoms with Crippen LogP contribution in [0.25, 0.3) is 22.3 Å². The average molecular weight is 406 g/mol. The van der Waals surface area contributed by atoms with Crippen LogP contribution >= 0.6 is 0 Å². The normalized spacial score (nSPS) is 11.4. The van der Waals surface area contributed by atoms with Crippen LogP contribution in [0.3, 0.4) is 0 Å². The highest BCUT2D eigenvalue weighted by Crippen LogP contribution is 2.42. The van der Waals surface area contributed by atoms with E-state index in [0.29, 0.717) is 11.5 Å². The maximum atomic E-state index is 12.7. The summed E-state index contributed by atoms with van der Waals surface area (Å²) < 4.78 is 45.0. The van der Waals surface area contributed by atoms with Crippen LogP contribution in [-0.4, -0.2) is 41.1 Å². The smallest absolute Gasteiger partial charge is 0.235 e. The topological polar surface area (TPSA) is 112 Å². The van der Waals surface area contributed by atoms with Gasteiger partial charge in [-0.3, -0.25) is 4.79 Å². The molecule has 0 aliphatic rings. The lowest BCUT2D eigenvalue weighted by atomic mass is 10.1. The quantitative estimate of drug-likeness (QED) is 0.688. The summed E-state index contributed by atoms with van der Waals surface area (Å²) in [6, 6.07) is 6.90. The van der Waals surface area contributed by atoms with Crippen molar-refractivity contribution < 1.29 is 32.2 Å². The van der Waals surface area contributed by atoms with Crippen LogP contribution in [-0.2, 0) is 9.84 Å². The lowest BCUT2D eigenvalue weighted by Crippen LogP contribution is -2.05. The minimum atomic E-state index is -3.53. The van der Waals surface area contributed by atoms with Gasteiger partial charge in [-0.1, -0.05) is 0 Å². The number of hydrogen-bond acceptors (Lipinski definition) is 8. The monoisotopic (exact) mass is 406 g/mol. The summed E-state index contributed by atoms with van der Waals surface area (Å²) in [4.78, 5) is 12.6. The van der Waals surface area contributed by atoms with Crippen molar-refractivity contribution in [1.82, 2.24) is 0 Å². The molecule has 0 saturated heterocycles. The number of rotatable bonds is 5. The Kier molecular flexibility index (Phi) is 4.95. The fourth-order valence-electron chi connectivity index (χ4n) is 2.78. The molecule has 0 atom stereocenters. The molecule has 0 amide bonds. The summed E-state index contributed by atoms with van der Waals surface area (Å²) >= 11 is 0. The molecule has 3 aromatic rings. The Labute approximate surface area is 160 Å². The van der Waals surface area contributed by atoms with Gasteiger partial charge < -0.3 is 23.7 Å². The fourth-order valence-corrected chi connectivity index (χ4v) is 3.43. The van der Waals surface area contributed by atoms with Crippen LogP contribution in [0.5, 0.6) is 23.0 Å². The molecule has 1 N–H and O–H groups in total. The Morgan fingerprint density at radius 2 is 1.54 bits per heavy atom. The zero-order valence-corrected chi connectivity index (χ0v) is 16.4. The van der Waals surface area contributed by atoms with Gasteiger partial charge in [-0.15, -0.1) is 0 Å². The molecule has 8 nitrogen and oxygen atoms in total. The predicted molar refractivity (Wildman–Crippen MR) is 102 cm³/mol. The summed E-state index contributed by atoms with van der Waals surface area (Å²) in [5.74, 6) is 0.200. The minimum Gasteiger partial charge on any atom is -0.502 e. The predicted octanol–water partition coefficient (Wildman–Crippen LogP) is 2.59. The Morgan fingerprint density at radius 3 is 2.11 bits per heavy atom. The zero-order chi connectivity index (χ0) is 20.6. The first-order chi connectivity index (χ1) is 13.2. The SMILES string of the molecule is COc1cc(OC)c(-c2oc3ccc(S(C)(=O)=O)cc3c(=O)c2O)cc1OC. The number of benzene rings is 2. The third-order valence-corrected chi connectivity index (χ3v) is 5.33. The Hall–Kier alpha value is -3.20. The van der Waals surface area contributed by atoms with E-state index in [1.807, 2.05) is 0 Å². The second kappa shape index (κ2) is 7.08. The lowest BCUT2D eigenvalue weighted by molar-refractivity contribution is 0.349. The second-order valence-corrected chi connectivity index (χ2v) is 7.96. The van der Waals surface area contributed by atoms with Crippen molar-refractivity contribution in [3.05, 3.63) is 40.6 Å². The lowest BCUT2D eigenvalue weighted by Gasteiger charge is -2.14. The molecule has 0 unspecified atom stereocenters. The molecular weight excluding hydrogens is 388 g/mol. The minimum absolute atomic E-state index is 0.0522. The number of ether oxygens (including phenoxy) is 3. The van der Waals surface area contributed by atoms with Crippen LogP contribution < -0.4 is 19.6 Å². The Balaban J connectivity index is 2.33. The van der Waals surface area contributed by atoms with Crippen molar-refractivity contribution >= 4 is 20.8 Å². The van der Waals surface area contributed by atoms with E-state index in [-0.39, 0.29) is 32.9 Å². The maximum absolute atomic E-state index is 12.7. The van der Waals surface area contributed by atoms with Crippen LogP contribution in [0, 0.1) is 0 Å². The van der Waals surface area contributed by atoms with Crippen molar-refractivity contribution in [2.45, 2.75) is 4.90 Å². The largest absolute Gasteiger partial charge is 0.502 e. The molecule has 0 spiro atoms. The standard InChI is InChI=1S/C19H18O8S/c1-24-14-9-16(26-3)15(25-2)8-12(14)19-18(21)17(20)11-7-10(28(4,22)23)5-6-13(11)27-19/h5-9,21H,1-4H3. The van der Waals surface area contributed by atoms with Crippen LogP contribution in [0.15, 0.2) is 44.4 Å². The van der Waals surface area contributed by atoms with Gasteiger partial charge in [0.05, 0.1) is 37.2 Å². The zero-order valence-electron chi connectivity index (χ0n) is 15.6. The molecule has 148 valence electrons. The van der Waals surface area contributed by atoms with E-state index >= 15 is 0 Å². The van der Waals surface area contributed by atoms with Gasteiger partial charge in [-0.05, 0) is 24.3 Å². The van der Waals surface area contributed by atoms with Crippen molar-refractivity contribution in [2.24, 2.45) is 0 Å². The van der Waals surface area contributed by atoms with Crippen LogP contribution in [0.4, 0.5) is 0 Å². The van der Waals surface area contributed by atoms with Crippen molar-refractivity contribution in [2.75, 3.05) is 27.6 Å². The Bertz CT molecular complexity index is 1220. The molecule has 0 aliphatic heterocycles. The molecule has 9 heteroatoms. The van der Waals surface area contributed by atoms with Crippen LogP contribution in [0.1, 0.15) is 0 Å². The summed E-state index contributed by atoms with van der Waals surface area (Å²) in [6.07, 6.45) is 1.03. The second-order valence-electron chi connectivity index (χ2n) is 5.95. The molecule has 0 aliphatic carbocycles. The molecule has 1 heterocycles. The number of methoxy groups -OCH3 is 3. The number of aromatic hydroxyl groups is 1. The van der Waals surface area contributed by atoms with Gasteiger partial charge in [0, 0.05) is 12.3 Å². The van der Waals surface area contributed by atoms with Gasteiger partial charge in [0.15, 0.2) is 27.1 Å². The highest BCUT2D eigenvalue weighted by molar-refractivity contribution is 7.90. The molecule has 0 saturated carbocycles. The van der Waals surface area contributed by atoms with E-state index in [4.69, 9.17) is 18.6 Å². The van der Waals surface area contributed by atoms with E-state index < -0.39 is 21.0 Å². The van der Waals surface area contributed by atoms with E-state index in [1.165, 1.54) is 51.7 Å². The van der Waals surface area contributed by atoms with Gasteiger partial charge in [0.2, 0.25) is 11.2 Å². The molecule has 3 rings (SSSR count). The Morgan fingerprint density at radius 1 is 0.929 bits per heavy atom. The third kappa shape index (κ3) is 3.24. The van der Waals surface area contributed by atoms with Crippen molar-refractivity contribution in [3.63, 3.8) is 0 Å². The molecular formula is C19H18O8S. The van der Waals surface area contributed by atoms with E-state index in [1.54, 1.807) is 0 Å². The van der Waals surface area contributed by atoms with E-state index in [9.17, 15) is 18.3 Å². The van der Waals surface area contributed by atoms with Gasteiger partial charge >= 0.3 is 0 Å². The first-order valence-electron chi connectivity index (χ1n) is 8.01. The van der Waals surface area contributed by atoms with Crippen LogP contribution in [0.2, 0.25) is 0 Å². The first-order valence-corrected chi connectivity index (χ1v) is 9.90. The van der Waals surface area contributed by atoms with Gasteiger partial charge in [0.1, 0.15) is 11.3 Å². The van der Waals surface area contributed by atoms with Gasteiger partial charge in [-0.2, -0.15) is 0 Å². The van der Waals surface area contributed by atoms with Gasteiger partial charge in [-0.25, -0.2) is 8.42 Å². The summed E-state index contributed by atoms with van der Waals surface area (Å²) in [5.41, 5.74) is -0.385. The summed E-state index contributed by atoms with van der Waals surface area (Å²) in [5, 5.41) is 10.4. The highest BCUT2D eigenvalue weighted by atomic mass is 32.2. The average Bonchev–Trinajstić information content (AvgIpc) is 2.68. The van der Waals surface area contributed by atoms with E-state index in [0.717, 1.165) is 6.26 Å². The summed E-state index contributed by atoms with van der Waals surface area (Å²) in [7, 11) is 0.794. The number of sulfone groups is 1. The van der Waals surface area contributed by atoms with Crippen molar-refractivity contribution in [3.8, 4) is 34.3 Å². The number of hydrogen-bond donors (Lipinski definition) is 1. The van der Waals surface area contributed by atoms with E-state index in [2.05, 4.69) is 0 Å². The maximum Gasteiger partial charge on any atom is 0.235 e. The molecule has 28 heavy (non-hydrogen) atoms. The molecule has 2 aromatic carbocycles. The molecule has 0 radical (unpaired) electrons. The van der Waals surface area contributed by atoms with Gasteiger partial charge in [0.25, 0.3) is 0 Å². The third-order valence-electron chi connectivity index (χ3n) is 4.22. The first kappa shape index (κ1) is 19.6. The number of fused-ring (bicyclic) bond motifs is 1. The highest BCUT2D eigenvalue weighted by Gasteiger charge is 2.22. The fraction of sp³-hybridized carbons (Fsp3) is 0.211. The van der Waals surface area contributed by atoms with Crippen molar-refractivity contribution in [1.29, 1.82) is 0 Å². The molecule has 1 aromatic heterocycles. The molecule has 0 bridgehead atoms. The summed E-state index contributed by atoms with van der Waals surface area (Å²) in [6.45, 7) is 0. The molecule has 0 fully saturated rings.